The van der Waals surface area contributed by atoms with Gasteiger partial charge in [-0.15, -0.1) is 0 Å². The highest BCUT2D eigenvalue weighted by molar-refractivity contribution is 9.10. The molecule has 0 aromatic heterocycles. The predicted molar refractivity (Wildman–Crippen MR) is 87.2 cm³/mol. The molecule has 0 bridgehead atoms. The lowest BCUT2D eigenvalue weighted by atomic mass is 10.2. The van der Waals surface area contributed by atoms with E-state index in [1.54, 1.807) is 0 Å². The maximum Gasteiger partial charge on any atom is 0.0551 e. The molecule has 2 nitrogen and oxygen atoms in total. The summed E-state index contributed by atoms with van der Waals surface area (Å²) >= 11 is 9.46. The smallest absolute Gasteiger partial charge is 0.0551 e. The number of hydrogen-bond donors (Lipinski definition) is 1. The molecule has 0 saturated heterocycles. The van der Waals surface area contributed by atoms with E-state index in [4.69, 9.17) is 11.6 Å². The quantitative estimate of drug-likeness (QED) is 0.862. The van der Waals surface area contributed by atoms with Gasteiger partial charge in [0.25, 0.3) is 0 Å². The van der Waals surface area contributed by atoms with Gasteiger partial charge in [-0.1, -0.05) is 17.7 Å². The fraction of sp³-hybridized carbons (Fsp3) is 0.200. The van der Waals surface area contributed by atoms with Crippen molar-refractivity contribution in [3.63, 3.8) is 0 Å². The molecule has 0 aliphatic rings. The van der Waals surface area contributed by atoms with Crippen molar-refractivity contribution in [3.8, 4) is 0 Å². The fourth-order valence-corrected chi connectivity index (χ4v) is 2.18. The van der Waals surface area contributed by atoms with Gasteiger partial charge in [-0.05, 0) is 57.9 Å². The second-order valence-corrected chi connectivity index (χ2v) is 5.80. The summed E-state index contributed by atoms with van der Waals surface area (Å²) in [5.74, 6) is 0. The molecule has 0 aliphatic carbocycles. The Balaban J connectivity index is 2.00. The molecule has 0 atom stereocenters. The van der Waals surface area contributed by atoms with E-state index in [-0.39, 0.29) is 0 Å². The summed E-state index contributed by atoms with van der Waals surface area (Å²) in [5, 5.41) is 4.12. The van der Waals surface area contributed by atoms with E-state index >= 15 is 0 Å². The standard InChI is InChI=1S/C15H16BrClN2/c1-19(2)13-6-4-12(5-7-13)18-10-11-3-8-14(16)15(17)9-11/h3-9,18H,10H2,1-2H3. The van der Waals surface area contributed by atoms with Crippen LogP contribution in [-0.2, 0) is 6.54 Å². The van der Waals surface area contributed by atoms with Crippen molar-refractivity contribution in [3.05, 3.63) is 57.5 Å². The summed E-state index contributed by atoms with van der Waals surface area (Å²) in [5.41, 5.74) is 3.45. The summed E-state index contributed by atoms with van der Waals surface area (Å²) in [6.07, 6.45) is 0. The minimum absolute atomic E-state index is 0.738. The molecule has 2 aromatic rings. The van der Waals surface area contributed by atoms with Crippen LogP contribution in [0.25, 0.3) is 0 Å². The molecule has 0 unspecified atom stereocenters. The van der Waals surface area contributed by atoms with Gasteiger partial charge in [0.05, 0.1) is 5.02 Å². The van der Waals surface area contributed by atoms with Crippen LogP contribution in [0.2, 0.25) is 5.02 Å². The van der Waals surface area contributed by atoms with E-state index in [0.717, 1.165) is 27.3 Å². The molecule has 0 aliphatic heterocycles. The summed E-state index contributed by atoms with van der Waals surface area (Å²) in [4.78, 5) is 2.08. The molecule has 2 aromatic carbocycles. The Bertz CT molecular complexity index is 553. The minimum Gasteiger partial charge on any atom is -0.381 e. The van der Waals surface area contributed by atoms with Gasteiger partial charge in [-0.3, -0.25) is 0 Å². The minimum atomic E-state index is 0.738. The molecular formula is C15H16BrClN2. The highest BCUT2D eigenvalue weighted by atomic mass is 79.9. The van der Waals surface area contributed by atoms with Crippen molar-refractivity contribution >= 4 is 38.9 Å². The third-order valence-electron chi connectivity index (χ3n) is 2.86. The van der Waals surface area contributed by atoms with Crippen molar-refractivity contribution in [2.45, 2.75) is 6.54 Å². The van der Waals surface area contributed by atoms with Gasteiger partial charge in [-0.25, -0.2) is 0 Å². The Morgan fingerprint density at radius 1 is 1.11 bits per heavy atom. The summed E-state index contributed by atoms with van der Waals surface area (Å²) in [7, 11) is 4.07. The fourth-order valence-electron chi connectivity index (χ4n) is 1.73. The third-order valence-corrected chi connectivity index (χ3v) is 4.10. The first-order chi connectivity index (χ1) is 9.06. The van der Waals surface area contributed by atoms with Crippen LogP contribution in [0, 0.1) is 0 Å². The Morgan fingerprint density at radius 3 is 2.37 bits per heavy atom. The van der Waals surface area contributed by atoms with Crippen LogP contribution in [0.4, 0.5) is 11.4 Å². The molecule has 0 saturated carbocycles. The van der Waals surface area contributed by atoms with Gasteiger partial charge in [0.15, 0.2) is 0 Å². The van der Waals surface area contributed by atoms with Gasteiger partial charge < -0.3 is 10.2 Å². The van der Waals surface area contributed by atoms with Crippen LogP contribution in [-0.4, -0.2) is 14.1 Å². The van der Waals surface area contributed by atoms with E-state index in [9.17, 15) is 0 Å². The number of nitrogens with one attached hydrogen (secondary N) is 1. The van der Waals surface area contributed by atoms with Crippen LogP contribution in [0.1, 0.15) is 5.56 Å². The highest BCUT2D eigenvalue weighted by Gasteiger charge is 2.00. The molecule has 0 heterocycles. The van der Waals surface area contributed by atoms with E-state index in [1.165, 1.54) is 5.69 Å². The first kappa shape index (κ1) is 14.2. The molecular weight excluding hydrogens is 324 g/mol. The molecule has 19 heavy (non-hydrogen) atoms. The van der Waals surface area contributed by atoms with Gasteiger partial charge in [0, 0.05) is 36.5 Å². The predicted octanol–water partition coefficient (Wildman–Crippen LogP) is 4.78. The van der Waals surface area contributed by atoms with Crippen molar-refractivity contribution in [2.24, 2.45) is 0 Å². The normalized spacial score (nSPS) is 10.3. The third kappa shape index (κ3) is 3.88. The van der Waals surface area contributed by atoms with E-state index in [2.05, 4.69) is 56.5 Å². The maximum atomic E-state index is 6.07. The number of rotatable bonds is 4. The van der Waals surface area contributed by atoms with Gasteiger partial charge in [-0.2, -0.15) is 0 Å². The number of hydrogen-bond acceptors (Lipinski definition) is 2. The Kier molecular flexibility index (Phi) is 4.72. The van der Waals surface area contributed by atoms with E-state index < -0.39 is 0 Å². The Hall–Kier alpha value is -1.19. The summed E-state index contributed by atoms with van der Waals surface area (Å²) in [6.45, 7) is 0.758. The molecule has 0 fully saturated rings. The maximum absolute atomic E-state index is 6.07. The summed E-state index contributed by atoms with van der Waals surface area (Å²) in [6, 6.07) is 14.3. The molecule has 0 amide bonds. The van der Waals surface area contributed by atoms with Gasteiger partial charge in [0.1, 0.15) is 0 Å². The lowest BCUT2D eigenvalue weighted by Crippen LogP contribution is -2.08. The Morgan fingerprint density at radius 2 is 1.79 bits per heavy atom. The molecule has 0 radical (unpaired) electrons. The van der Waals surface area contributed by atoms with Gasteiger partial charge in [0.2, 0.25) is 0 Å². The number of benzene rings is 2. The number of halogens is 2. The number of nitrogens with zero attached hydrogens (tertiary/aromatic N) is 1. The second kappa shape index (κ2) is 6.31. The van der Waals surface area contributed by atoms with E-state index in [1.807, 2.05) is 26.2 Å². The van der Waals surface area contributed by atoms with Crippen LogP contribution in [0.15, 0.2) is 46.9 Å². The SMILES string of the molecule is CN(C)c1ccc(NCc2ccc(Br)c(Cl)c2)cc1. The zero-order valence-corrected chi connectivity index (χ0v) is 13.3. The van der Waals surface area contributed by atoms with Crippen molar-refractivity contribution in [1.29, 1.82) is 0 Å². The lowest BCUT2D eigenvalue weighted by molar-refractivity contribution is 1.12. The summed E-state index contributed by atoms with van der Waals surface area (Å²) < 4.78 is 0.924. The average molecular weight is 340 g/mol. The Labute approximate surface area is 127 Å². The highest BCUT2D eigenvalue weighted by Crippen LogP contribution is 2.24. The topological polar surface area (TPSA) is 15.3 Å². The zero-order chi connectivity index (χ0) is 13.8. The first-order valence-electron chi connectivity index (χ1n) is 6.01. The molecule has 4 heteroatoms. The lowest BCUT2D eigenvalue weighted by Gasteiger charge is -2.13. The van der Waals surface area contributed by atoms with E-state index in [0.29, 0.717) is 0 Å². The van der Waals surface area contributed by atoms with Crippen molar-refractivity contribution in [2.75, 3.05) is 24.3 Å². The van der Waals surface area contributed by atoms with Gasteiger partial charge >= 0.3 is 0 Å². The van der Waals surface area contributed by atoms with Crippen LogP contribution in [0.3, 0.4) is 0 Å². The van der Waals surface area contributed by atoms with Crippen molar-refractivity contribution < 1.29 is 0 Å². The molecule has 1 N–H and O–H groups in total. The number of anilines is 2. The first-order valence-corrected chi connectivity index (χ1v) is 7.18. The average Bonchev–Trinajstić information content (AvgIpc) is 2.40. The zero-order valence-electron chi connectivity index (χ0n) is 11.0. The monoisotopic (exact) mass is 338 g/mol. The molecule has 0 spiro atoms. The van der Waals surface area contributed by atoms with Crippen LogP contribution >= 0.6 is 27.5 Å². The largest absolute Gasteiger partial charge is 0.381 e. The molecule has 2 rings (SSSR count). The second-order valence-electron chi connectivity index (χ2n) is 4.54. The van der Waals surface area contributed by atoms with Crippen LogP contribution in [0.5, 0.6) is 0 Å². The van der Waals surface area contributed by atoms with Crippen molar-refractivity contribution in [1.82, 2.24) is 0 Å². The molecule has 100 valence electrons. The van der Waals surface area contributed by atoms with Crippen LogP contribution < -0.4 is 10.2 Å².